The van der Waals surface area contributed by atoms with Gasteiger partial charge in [-0.05, 0) is 13.0 Å². The summed E-state index contributed by atoms with van der Waals surface area (Å²) in [6.07, 6.45) is 0. The second-order valence-corrected chi connectivity index (χ2v) is 6.72. The first kappa shape index (κ1) is 15.8. The minimum absolute atomic E-state index is 0.0941. The molecule has 1 aromatic carbocycles. The molecule has 1 aliphatic rings. The molecule has 1 saturated heterocycles. The number of carboxylic acids is 1. The van der Waals surface area contributed by atoms with E-state index in [1.165, 1.54) is 28.8 Å². The van der Waals surface area contributed by atoms with E-state index < -0.39 is 22.8 Å². The van der Waals surface area contributed by atoms with E-state index in [1.807, 2.05) is 0 Å². The summed E-state index contributed by atoms with van der Waals surface area (Å²) >= 11 is 4.48. The molecule has 1 heterocycles. The minimum Gasteiger partial charge on any atom is -0.480 e. The van der Waals surface area contributed by atoms with Crippen LogP contribution in [-0.4, -0.2) is 44.0 Å². The maximum atomic E-state index is 12.5. The van der Waals surface area contributed by atoms with Gasteiger partial charge in [-0.2, -0.15) is 0 Å². The topological polar surface area (TPSA) is 101 Å². The lowest BCUT2D eigenvalue weighted by atomic mass is 10.1. The first-order valence-electron chi connectivity index (χ1n) is 5.93. The van der Waals surface area contributed by atoms with Gasteiger partial charge in [-0.3, -0.25) is 14.9 Å². The summed E-state index contributed by atoms with van der Waals surface area (Å²) in [6, 6.07) is 2.97. The lowest BCUT2D eigenvalue weighted by Crippen LogP contribution is -2.44. The van der Waals surface area contributed by atoms with Crippen LogP contribution in [0.3, 0.4) is 0 Å². The number of carbonyl (C=O) groups is 2. The Hall–Kier alpha value is -1.61. The monoisotopic (exact) mass is 374 g/mol. The number of aliphatic carboxylic acids is 1. The van der Waals surface area contributed by atoms with E-state index in [4.69, 9.17) is 5.11 Å². The van der Waals surface area contributed by atoms with Gasteiger partial charge in [0.15, 0.2) is 0 Å². The van der Waals surface area contributed by atoms with E-state index in [0.717, 1.165) is 6.07 Å². The molecule has 7 nitrogen and oxygen atoms in total. The summed E-state index contributed by atoms with van der Waals surface area (Å²) in [4.78, 5) is 35.2. The Balaban J connectivity index is 2.39. The summed E-state index contributed by atoms with van der Waals surface area (Å²) < 4.78 is 0.395. The summed E-state index contributed by atoms with van der Waals surface area (Å²) in [5, 5.41) is 19.7. The van der Waals surface area contributed by atoms with Crippen LogP contribution in [0.2, 0.25) is 0 Å². The standard InChI is InChI=1S/C12H11BrN2O5S/c1-6-14(10(5-21-6)12(17)18)11(16)7-2-8(13)4-9(3-7)15(19)20/h2-4,6,10H,5H2,1H3,(H,17,18). The fraction of sp³-hybridized carbons (Fsp3) is 0.333. The number of halogens is 1. The van der Waals surface area contributed by atoms with Crippen LogP contribution in [0.1, 0.15) is 17.3 Å². The van der Waals surface area contributed by atoms with Crippen LogP contribution < -0.4 is 0 Å². The lowest BCUT2D eigenvalue weighted by Gasteiger charge is -2.25. The number of hydrogen-bond donors (Lipinski definition) is 1. The van der Waals surface area contributed by atoms with E-state index in [9.17, 15) is 19.7 Å². The zero-order valence-corrected chi connectivity index (χ0v) is 13.3. The number of rotatable bonds is 3. The molecule has 0 radical (unpaired) electrons. The zero-order chi connectivity index (χ0) is 15.7. The first-order chi connectivity index (χ1) is 9.81. The Morgan fingerprint density at radius 2 is 2.14 bits per heavy atom. The molecule has 0 aromatic heterocycles. The third-order valence-electron chi connectivity index (χ3n) is 3.08. The average Bonchev–Trinajstić information content (AvgIpc) is 2.79. The van der Waals surface area contributed by atoms with E-state index in [-0.39, 0.29) is 16.6 Å². The van der Waals surface area contributed by atoms with Gasteiger partial charge in [0.25, 0.3) is 11.6 Å². The molecule has 2 rings (SSSR count). The molecule has 0 saturated carbocycles. The lowest BCUT2D eigenvalue weighted by molar-refractivity contribution is -0.385. The summed E-state index contributed by atoms with van der Waals surface area (Å²) in [5.41, 5.74) is -0.129. The molecular formula is C12H11BrN2O5S. The molecule has 2 unspecified atom stereocenters. The van der Waals surface area contributed by atoms with Gasteiger partial charge in [0.05, 0.1) is 10.3 Å². The Morgan fingerprint density at radius 1 is 1.48 bits per heavy atom. The average molecular weight is 375 g/mol. The molecule has 2 atom stereocenters. The molecule has 21 heavy (non-hydrogen) atoms. The Bertz CT molecular complexity index is 624. The summed E-state index contributed by atoms with van der Waals surface area (Å²) in [6.45, 7) is 1.73. The number of carbonyl (C=O) groups excluding carboxylic acids is 1. The van der Waals surface area contributed by atoms with Crippen molar-refractivity contribution in [3.8, 4) is 0 Å². The van der Waals surface area contributed by atoms with Crippen LogP contribution in [-0.2, 0) is 4.79 Å². The van der Waals surface area contributed by atoms with Crippen molar-refractivity contribution in [3.05, 3.63) is 38.3 Å². The second-order valence-electron chi connectivity index (χ2n) is 4.45. The third kappa shape index (κ3) is 3.18. The van der Waals surface area contributed by atoms with Gasteiger partial charge in [-0.15, -0.1) is 11.8 Å². The maximum absolute atomic E-state index is 12.5. The molecule has 1 aliphatic heterocycles. The Labute approximate surface area is 132 Å². The molecule has 112 valence electrons. The van der Waals surface area contributed by atoms with Gasteiger partial charge in [0.2, 0.25) is 0 Å². The fourth-order valence-electron chi connectivity index (χ4n) is 2.09. The van der Waals surface area contributed by atoms with Crippen molar-refractivity contribution in [2.45, 2.75) is 18.3 Å². The van der Waals surface area contributed by atoms with Crippen LogP contribution in [0.4, 0.5) is 5.69 Å². The number of benzene rings is 1. The van der Waals surface area contributed by atoms with E-state index in [1.54, 1.807) is 6.92 Å². The number of hydrogen-bond acceptors (Lipinski definition) is 5. The highest BCUT2D eigenvalue weighted by atomic mass is 79.9. The highest BCUT2D eigenvalue weighted by Gasteiger charge is 2.40. The van der Waals surface area contributed by atoms with Gasteiger partial charge in [0, 0.05) is 27.9 Å². The summed E-state index contributed by atoms with van der Waals surface area (Å²) in [7, 11) is 0. The van der Waals surface area contributed by atoms with E-state index >= 15 is 0 Å². The number of amides is 1. The Kier molecular flexibility index (Phi) is 4.52. The van der Waals surface area contributed by atoms with Crippen molar-refractivity contribution in [3.63, 3.8) is 0 Å². The van der Waals surface area contributed by atoms with Gasteiger partial charge < -0.3 is 10.0 Å². The molecule has 1 aromatic rings. The second kappa shape index (κ2) is 6.02. The normalized spacial score (nSPS) is 21.3. The molecule has 0 bridgehead atoms. The van der Waals surface area contributed by atoms with Crippen LogP contribution in [0, 0.1) is 10.1 Å². The quantitative estimate of drug-likeness (QED) is 0.643. The predicted octanol–water partition coefficient (Wildman–Crippen LogP) is 2.35. The maximum Gasteiger partial charge on any atom is 0.327 e. The number of nitrogens with zero attached hydrogens (tertiary/aromatic N) is 2. The van der Waals surface area contributed by atoms with Gasteiger partial charge in [-0.1, -0.05) is 15.9 Å². The SMILES string of the molecule is CC1SCC(C(=O)O)N1C(=O)c1cc(Br)cc([N+](=O)[O-])c1. The van der Waals surface area contributed by atoms with E-state index in [2.05, 4.69) is 15.9 Å². The molecule has 1 amide bonds. The van der Waals surface area contributed by atoms with Crippen molar-refractivity contribution >= 4 is 45.3 Å². The number of nitro groups is 1. The molecular weight excluding hydrogens is 364 g/mol. The summed E-state index contributed by atoms with van der Waals surface area (Å²) in [5.74, 6) is -1.30. The fourth-order valence-corrected chi connectivity index (χ4v) is 3.74. The molecule has 9 heteroatoms. The molecule has 1 N–H and O–H groups in total. The van der Waals surface area contributed by atoms with Gasteiger partial charge in [-0.25, -0.2) is 4.79 Å². The zero-order valence-electron chi connectivity index (χ0n) is 10.9. The molecule has 0 spiro atoms. The van der Waals surface area contributed by atoms with Crippen molar-refractivity contribution in [2.75, 3.05) is 5.75 Å². The van der Waals surface area contributed by atoms with Gasteiger partial charge >= 0.3 is 5.97 Å². The van der Waals surface area contributed by atoms with Crippen molar-refractivity contribution in [1.82, 2.24) is 4.90 Å². The smallest absolute Gasteiger partial charge is 0.327 e. The first-order valence-corrected chi connectivity index (χ1v) is 7.77. The van der Waals surface area contributed by atoms with E-state index in [0.29, 0.717) is 10.2 Å². The number of non-ortho nitro benzene ring substituents is 1. The highest BCUT2D eigenvalue weighted by Crippen LogP contribution is 2.31. The number of carboxylic acid groups (broad SMARTS) is 1. The van der Waals surface area contributed by atoms with Crippen molar-refractivity contribution in [2.24, 2.45) is 0 Å². The van der Waals surface area contributed by atoms with Gasteiger partial charge in [0.1, 0.15) is 6.04 Å². The highest BCUT2D eigenvalue weighted by molar-refractivity contribution is 9.10. The van der Waals surface area contributed by atoms with Crippen LogP contribution >= 0.6 is 27.7 Å². The number of thioether (sulfide) groups is 1. The van der Waals surface area contributed by atoms with Crippen molar-refractivity contribution in [1.29, 1.82) is 0 Å². The van der Waals surface area contributed by atoms with Crippen LogP contribution in [0.25, 0.3) is 0 Å². The Morgan fingerprint density at radius 3 is 2.71 bits per heavy atom. The van der Waals surface area contributed by atoms with Crippen LogP contribution in [0.15, 0.2) is 22.7 Å². The van der Waals surface area contributed by atoms with Crippen molar-refractivity contribution < 1.29 is 19.6 Å². The largest absolute Gasteiger partial charge is 0.480 e. The third-order valence-corrected chi connectivity index (χ3v) is 4.76. The van der Waals surface area contributed by atoms with Crippen LogP contribution in [0.5, 0.6) is 0 Å². The minimum atomic E-state index is -1.08. The molecule has 1 fully saturated rings. The molecule has 0 aliphatic carbocycles. The number of nitro benzene ring substituents is 1. The predicted molar refractivity (Wildman–Crippen MR) is 80.3 cm³/mol.